The van der Waals surface area contributed by atoms with Gasteiger partial charge >= 0.3 is 5.97 Å². The van der Waals surface area contributed by atoms with E-state index >= 15 is 0 Å². The zero-order valence-electron chi connectivity index (χ0n) is 12.8. The van der Waals surface area contributed by atoms with Gasteiger partial charge in [-0.25, -0.2) is 4.79 Å². The van der Waals surface area contributed by atoms with Crippen LogP contribution in [0.2, 0.25) is 0 Å². The van der Waals surface area contributed by atoms with Gasteiger partial charge in [-0.1, -0.05) is 28.1 Å². The predicted molar refractivity (Wildman–Crippen MR) is 92.3 cm³/mol. The van der Waals surface area contributed by atoms with Crippen molar-refractivity contribution in [2.75, 3.05) is 0 Å². The molecule has 6 nitrogen and oxygen atoms in total. The number of halogens is 1. The van der Waals surface area contributed by atoms with Crippen molar-refractivity contribution in [2.24, 2.45) is 0 Å². The molecule has 0 radical (unpaired) electrons. The molecule has 25 heavy (non-hydrogen) atoms. The molecule has 0 atom stereocenters. The third-order valence-corrected chi connectivity index (χ3v) is 3.68. The fraction of sp³-hybridized carbons (Fsp3) is 0.0556. The first kappa shape index (κ1) is 18.2. The maximum atomic E-state index is 11.9. The molecule has 2 aromatic carbocycles. The second-order valence-electron chi connectivity index (χ2n) is 4.93. The van der Waals surface area contributed by atoms with Gasteiger partial charge in [0.15, 0.2) is 5.78 Å². The van der Waals surface area contributed by atoms with Crippen LogP contribution in [-0.2, 0) is 11.4 Å². The molecule has 0 heterocycles. The fourth-order valence-corrected chi connectivity index (χ4v) is 2.37. The number of allylic oxidation sites excluding steroid dienone is 1. The first-order valence-corrected chi connectivity index (χ1v) is 7.79. The molecule has 2 rings (SSSR count). The Balaban J connectivity index is 2.16. The summed E-state index contributed by atoms with van der Waals surface area (Å²) in [5.74, 6) is -2.91. The lowest BCUT2D eigenvalue weighted by Gasteiger charge is -2.09. The Kier molecular flexibility index (Phi) is 5.93. The molecule has 2 N–H and O–H groups in total. The Morgan fingerprint density at radius 3 is 2.64 bits per heavy atom. The number of benzene rings is 2. The number of carbonyl (C=O) groups excluding carboxylic acids is 1. The average Bonchev–Trinajstić information content (AvgIpc) is 2.60. The van der Waals surface area contributed by atoms with E-state index in [2.05, 4.69) is 22.0 Å². The van der Waals surface area contributed by atoms with Gasteiger partial charge in [-0.3, -0.25) is 4.79 Å². The summed E-state index contributed by atoms with van der Waals surface area (Å²) >= 11 is 3.33. The van der Waals surface area contributed by atoms with Gasteiger partial charge < -0.3 is 14.9 Å². The second-order valence-corrected chi connectivity index (χ2v) is 5.84. The summed E-state index contributed by atoms with van der Waals surface area (Å²) in [5.41, 5.74) is 1.32. The molecule has 0 aliphatic heterocycles. The van der Waals surface area contributed by atoms with E-state index in [1.165, 1.54) is 12.1 Å². The number of nitriles is 1. The SMILES string of the molecule is N#Cc1ccc(Br)cc1COc1cccc(C(=O)/C=C(\O)C(=O)O)c1. The van der Waals surface area contributed by atoms with Crippen molar-refractivity contribution < 1.29 is 24.5 Å². The van der Waals surface area contributed by atoms with E-state index in [4.69, 9.17) is 20.2 Å². The number of aliphatic hydroxyl groups excluding tert-OH is 1. The van der Waals surface area contributed by atoms with Crippen LogP contribution in [0, 0.1) is 11.3 Å². The molecule has 0 spiro atoms. The van der Waals surface area contributed by atoms with E-state index in [1.54, 1.807) is 30.3 Å². The molecular formula is C18H12BrNO5. The highest BCUT2D eigenvalue weighted by Gasteiger charge is 2.11. The lowest BCUT2D eigenvalue weighted by Crippen LogP contribution is -2.04. The smallest absolute Gasteiger partial charge is 0.371 e. The lowest BCUT2D eigenvalue weighted by molar-refractivity contribution is -0.135. The molecule has 126 valence electrons. The third-order valence-electron chi connectivity index (χ3n) is 3.19. The Bertz CT molecular complexity index is 899. The zero-order chi connectivity index (χ0) is 18.4. The third kappa shape index (κ3) is 4.93. The van der Waals surface area contributed by atoms with E-state index in [9.17, 15) is 9.59 Å². The minimum Gasteiger partial charge on any atom is -0.502 e. The Hall–Kier alpha value is -3.11. The van der Waals surface area contributed by atoms with Crippen LogP contribution in [0.15, 0.2) is 58.8 Å². The number of carboxylic acid groups (broad SMARTS) is 1. The van der Waals surface area contributed by atoms with Crippen molar-refractivity contribution in [1.82, 2.24) is 0 Å². The van der Waals surface area contributed by atoms with Crippen LogP contribution in [0.4, 0.5) is 0 Å². The number of carbonyl (C=O) groups is 2. The standard InChI is InChI=1S/C18H12BrNO5/c19-14-5-4-12(9-20)13(6-14)10-25-15-3-1-2-11(7-15)16(21)8-17(22)18(23)24/h1-8,22H,10H2,(H,23,24)/b17-8-. The molecule has 0 aromatic heterocycles. The van der Waals surface area contributed by atoms with Crippen molar-refractivity contribution in [1.29, 1.82) is 5.26 Å². The predicted octanol–water partition coefficient (Wildman–Crippen LogP) is 3.61. The Labute approximate surface area is 151 Å². The average molecular weight is 402 g/mol. The topological polar surface area (TPSA) is 108 Å². The summed E-state index contributed by atoms with van der Waals surface area (Å²) in [6.07, 6.45) is 0.629. The number of carboxylic acids is 1. The highest BCUT2D eigenvalue weighted by Crippen LogP contribution is 2.20. The van der Waals surface area contributed by atoms with Gasteiger partial charge in [-0.15, -0.1) is 0 Å². The summed E-state index contributed by atoms with van der Waals surface area (Å²) in [6, 6.07) is 13.4. The number of nitrogens with zero attached hydrogens (tertiary/aromatic N) is 1. The number of aliphatic carboxylic acids is 1. The van der Waals surface area contributed by atoms with Gasteiger partial charge in [-0.05, 0) is 30.3 Å². The fourth-order valence-electron chi connectivity index (χ4n) is 1.96. The van der Waals surface area contributed by atoms with Crippen molar-refractivity contribution in [3.05, 3.63) is 75.5 Å². The Morgan fingerprint density at radius 2 is 1.96 bits per heavy atom. The molecule has 0 fully saturated rings. The highest BCUT2D eigenvalue weighted by molar-refractivity contribution is 9.10. The summed E-state index contributed by atoms with van der Waals surface area (Å²) in [7, 11) is 0. The number of aliphatic hydroxyl groups is 1. The van der Waals surface area contributed by atoms with E-state index in [0.717, 1.165) is 4.47 Å². The van der Waals surface area contributed by atoms with E-state index in [0.29, 0.717) is 23.0 Å². The van der Waals surface area contributed by atoms with Gasteiger partial charge in [-0.2, -0.15) is 5.26 Å². The van der Waals surface area contributed by atoms with E-state index < -0.39 is 17.5 Å². The molecule has 0 saturated carbocycles. The zero-order valence-corrected chi connectivity index (χ0v) is 14.4. The molecule has 7 heteroatoms. The normalized spacial score (nSPS) is 10.8. The minimum absolute atomic E-state index is 0.121. The summed E-state index contributed by atoms with van der Waals surface area (Å²) in [5, 5.41) is 26.8. The van der Waals surface area contributed by atoms with Gasteiger partial charge in [0, 0.05) is 21.7 Å². The van der Waals surface area contributed by atoms with Crippen molar-refractivity contribution in [3.63, 3.8) is 0 Å². The molecule has 0 saturated heterocycles. The summed E-state index contributed by atoms with van der Waals surface area (Å²) < 4.78 is 6.42. The number of hydrogen-bond acceptors (Lipinski definition) is 5. The van der Waals surface area contributed by atoms with Crippen LogP contribution in [-0.4, -0.2) is 22.0 Å². The van der Waals surface area contributed by atoms with Gasteiger partial charge in [0.2, 0.25) is 5.76 Å². The summed E-state index contributed by atoms with van der Waals surface area (Å²) in [4.78, 5) is 22.5. The first-order chi connectivity index (χ1) is 11.9. The maximum Gasteiger partial charge on any atom is 0.371 e. The maximum absolute atomic E-state index is 11.9. The molecule has 0 aliphatic carbocycles. The van der Waals surface area contributed by atoms with E-state index in [-0.39, 0.29) is 12.2 Å². The monoisotopic (exact) mass is 401 g/mol. The molecule has 0 amide bonds. The quantitative estimate of drug-likeness (QED) is 0.434. The largest absolute Gasteiger partial charge is 0.502 e. The number of ketones is 1. The lowest BCUT2D eigenvalue weighted by atomic mass is 10.1. The van der Waals surface area contributed by atoms with Crippen molar-refractivity contribution >= 4 is 27.7 Å². The molecule has 0 bridgehead atoms. The molecule has 0 aliphatic rings. The van der Waals surface area contributed by atoms with Crippen LogP contribution in [0.3, 0.4) is 0 Å². The van der Waals surface area contributed by atoms with E-state index in [1.807, 2.05) is 0 Å². The molecule has 2 aromatic rings. The molecule has 0 unspecified atom stereocenters. The second kappa shape index (κ2) is 8.13. The number of rotatable bonds is 6. The van der Waals surface area contributed by atoms with Crippen LogP contribution < -0.4 is 4.74 Å². The Morgan fingerprint density at radius 1 is 1.20 bits per heavy atom. The highest BCUT2D eigenvalue weighted by atomic mass is 79.9. The van der Waals surface area contributed by atoms with Crippen LogP contribution in [0.25, 0.3) is 0 Å². The first-order valence-electron chi connectivity index (χ1n) is 7.00. The summed E-state index contributed by atoms with van der Waals surface area (Å²) in [6.45, 7) is 0.121. The number of hydrogen-bond donors (Lipinski definition) is 2. The molecular weight excluding hydrogens is 390 g/mol. The number of ether oxygens (including phenoxy) is 1. The van der Waals surface area contributed by atoms with Gasteiger partial charge in [0.1, 0.15) is 12.4 Å². The van der Waals surface area contributed by atoms with Crippen LogP contribution in [0.5, 0.6) is 5.75 Å². The minimum atomic E-state index is -1.58. The van der Waals surface area contributed by atoms with Crippen LogP contribution >= 0.6 is 15.9 Å². The van der Waals surface area contributed by atoms with Gasteiger partial charge in [0.05, 0.1) is 11.6 Å². The van der Waals surface area contributed by atoms with Crippen LogP contribution in [0.1, 0.15) is 21.5 Å². The van der Waals surface area contributed by atoms with Gasteiger partial charge in [0.25, 0.3) is 0 Å². The van der Waals surface area contributed by atoms with Crippen molar-refractivity contribution in [3.8, 4) is 11.8 Å². The van der Waals surface area contributed by atoms with Crippen molar-refractivity contribution in [2.45, 2.75) is 6.61 Å².